The van der Waals surface area contributed by atoms with Gasteiger partial charge in [-0.3, -0.25) is 9.59 Å². The Bertz CT molecular complexity index is 281. The number of thioether (sulfide) groups is 2. The molecular formula is C10H18CoO8S2. The number of rotatable bonds is 8. The molecule has 0 spiro atoms. The first-order chi connectivity index (χ1) is 8.36. The van der Waals surface area contributed by atoms with Gasteiger partial charge in [-0.05, 0) is 11.5 Å². The average Bonchev–Trinajstić information content (AvgIpc) is 2.33. The van der Waals surface area contributed by atoms with E-state index in [0.717, 1.165) is 11.5 Å². The molecule has 0 rings (SSSR count). The molecule has 0 atom stereocenters. The van der Waals surface area contributed by atoms with Crippen LogP contribution >= 0.6 is 23.5 Å². The summed E-state index contributed by atoms with van der Waals surface area (Å²) in [5, 5.41) is 19.5. The van der Waals surface area contributed by atoms with Gasteiger partial charge in [-0.1, -0.05) is 13.8 Å². The van der Waals surface area contributed by atoms with Crippen molar-refractivity contribution in [1.29, 1.82) is 0 Å². The van der Waals surface area contributed by atoms with Crippen LogP contribution in [0.5, 0.6) is 0 Å². The minimum absolute atomic E-state index is 0. The van der Waals surface area contributed by atoms with Gasteiger partial charge in [-0.25, -0.2) is 0 Å². The van der Waals surface area contributed by atoms with E-state index in [1.54, 1.807) is 0 Å². The summed E-state index contributed by atoms with van der Waals surface area (Å²) < 4.78 is 0. The predicted octanol–water partition coefficient (Wildman–Crippen LogP) is -3.53. The summed E-state index contributed by atoms with van der Waals surface area (Å²) in [5.41, 5.74) is 0. The SMILES string of the molecule is CCSCC(=O)C(=O)[O-].CCSCC(=O)C(=O)[O-].O.O.[Co+2]. The summed E-state index contributed by atoms with van der Waals surface area (Å²) in [6.45, 7) is 3.71. The predicted molar refractivity (Wildman–Crippen MR) is 73.3 cm³/mol. The molecule has 0 saturated carbocycles. The maximum Gasteiger partial charge on any atom is 2.00 e. The number of carbonyl (C=O) groups excluding carboxylic acids is 4. The smallest absolute Gasteiger partial charge is 0.542 e. The molecule has 0 fully saturated rings. The zero-order chi connectivity index (χ0) is 14.6. The van der Waals surface area contributed by atoms with Gasteiger partial charge in [0.2, 0.25) is 0 Å². The Morgan fingerprint density at radius 3 is 1.14 bits per heavy atom. The van der Waals surface area contributed by atoms with Crippen LogP contribution < -0.4 is 10.2 Å². The first kappa shape index (κ1) is 32.4. The third-order valence-corrected chi connectivity index (χ3v) is 3.08. The van der Waals surface area contributed by atoms with Gasteiger partial charge in [0.15, 0.2) is 11.6 Å². The van der Waals surface area contributed by atoms with Gasteiger partial charge in [-0.2, -0.15) is 23.5 Å². The van der Waals surface area contributed by atoms with Crippen LogP contribution in [-0.4, -0.2) is 57.5 Å². The van der Waals surface area contributed by atoms with Crippen molar-refractivity contribution in [2.45, 2.75) is 13.8 Å². The minimum atomic E-state index is -1.59. The number of carboxylic acid groups (broad SMARTS) is 2. The monoisotopic (exact) mass is 389 g/mol. The summed E-state index contributed by atoms with van der Waals surface area (Å²) in [5.74, 6) is -3.29. The Labute approximate surface area is 141 Å². The fourth-order valence-electron chi connectivity index (χ4n) is 0.507. The van der Waals surface area contributed by atoms with Gasteiger partial charge < -0.3 is 30.8 Å². The first-order valence-corrected chi connectivity index (χ1v) is 7.31. The van der Waals surface area contributed by atoms with Crippen molar-refractivity contribution in [2.75, 3.05) is 23.0 Å². The van der Waals surface area contributed by atoms with Crippen LogP contribution in [0.4, 0.5) is 0 Å². The molecule has 0 aliphatic heterocycles. The van der Waals surface area contributed by atoms with Crippen LogP contribution in [0.25, 0.3) is 0 Å². The van der Waals surface area contributed by atoms with E-state index >= 15 is 0 Å². The summed E-state index contributed by atoms with van der Waals surface area (Å²) in [6.07, 6.45) is 0. The molecule has 11 heteroatoms. The van der Waals surface area contributed by atoms with E-state index in [4.69, 9.17) is 0 Å². The maximum atomic E-state index is 10.2. The molecule has 4 N–H and O–H groups in total. The molecular weight excluding hydrogens is 371 g/mol. The minimum Gasteiger partial charge on any atom is -0.542 e. The zero-order valence-electron chi connectivity index (χ0n) is 11.4. The van der Waals surface area contributed by atoms with Crippen molar-refractivity contribution in [3.05, 3.63) is 0 Å². The molecule has 0 aromatic heterocycles. The molecule has 0 unspecified atom stereocenters. The van der Waals surface area contributed by atoms with E-state index < -0.39 is 23.5 Å². The van der Waals surface area contributed by atoms with E-state index in [2.05, 4.69) is 0 Å². The van der Waals surface area contributed by atoms with Crippen molar-refractivity contribution >= 4 is 47.0 Å². The second-order valence-electron chi connectivity index (χ2n) is 2.70. The van der Waals surface area contributed by atoms with Crippen LogP contribution in [0.3, 0.4) is 0 Å². The van der Waals surface area contributed by atoms with Crippen LogP contribution in [0.2, 0.25) is 0 Å². The fourth-order valence-corrected chi connectivity index (χ4v) is 1.52. The Hall–Kier alpha value is -0.594. The van der Waals surface area contributed by atoms with Crippen LogP contribution in [0.15, 0.2) is 0 Å². The van der Waals surface area contributed by atoms with E-state index in [0.29, 0.717) is 0 Å². The largest absolute Gasteiger partial charge is 2.00 e. The summed E-state index contributed by atoms with van der Waals surface area (Å²) >= 11 is 2.55. The van der Waals surface area contributed by atoms with Gasteiger partial charge in [0.05, 0.1) is 11.5 Å². The van der Waals surface area contributed by atoms with Crippen LogP contribution in [-0.2, 0) is 36.0 Å². The molecule has 1 radical (unpaired) electrons. The normalized spacial score (nSPS) is 7.71. The average molecular weight is 389 g/mol. The van der Waals surface area contributed by atoms with Gasteiger partial charge in [0.25, 0.3) is 0 Å². The van der Waals surface area contributed by atoms with Gasteiger partial charge >= 0.3 is 16.8 Å². The molecule has 0 bridgehead atoms. The number of Topliss-reactive ketones (excluding diaryl/α,β-unsaturated/α-hetero) is 2. The molecule has 21 heavy (non-hydrogen) atoms. The van der Waals surface area contributed by atoms with Gasteiger partial charge in [0, 0.05) is 0 Å². The zero-order valence-corrected chi connectivity index (χ0v) is 14.1. The van der Waals surface area contributed by atoms with Crippen molar-refractivity contribution in [2.24, 2.45) is 0 Å². The summed E-state index contributed by atoms with van der Waals surface area (Å²) in [6, 6.07) is 0. The van der Waals surface area contributed by atoms with E-state index in [1.807, 2.05) is 13.8 Å². The molecule has 8 nitrogen and oxygen atoms in total. The number of aliphatic carboxylic acids is 2. The van der Waals surface area contributed by atoms with Crippen molar-refractivity contribution in [1.82, 2.24) is 0 Å². The molecule has 0 aromatic rings. The van der Waals surface area contributed by atoms with Crippen LogP contribution in [0, 0.1) is 0 Å². The molecule has 0 aromatic carbocycles. The number of ketones is 2. The molecule has 127 valence electrons. The van der Waals surface area contributed by atoms with E-state index in [-0.39, 0.29) is 39.2 Å². The first-order valence-electron chi connectivity index (χ1n) is 5.00. The van der Waals surface area contributed by atoms with Gasteiger partial charge in [-0.15, -0.1) is 0 Å². The van der Waals surface area contributed by atoms with Crippen molar-refractivity contribution in [3.63, 3.8) is 0 Å². The molecule has 0 aliphatic carbocycles. The Morgan fingerprint density at radius 1 is 0.762 bits per heavy atom. The molecule has 0 heterocycles. The van der Waals surface area contributed by atoms with Crippen molar-refractivity contribution < 1.29 is 57.1 Å². The molecule has 0 aliphatic rings. The quantitative estimate of drug-likeness (QED) is 0.383. The van der Waals surface area contributed by atoms with E-state index in [1.165, 1.54) is 23.5 Å². The third-order valence-electron chi connectivity index (χ3n) is 1.33. The van der Waals surface area contributed by atoms with E-state index in [9.17, 15) is 29.4 Å². The second-order valence-corrected chi connectivity index (χ2v) is 5.24. The number of hydrogen-bond acceptors (Lipinski definition) is 8. The third kappa shape index (κ3) is 24.8. The standard InChI is InChI=1S/2C5H8O3S.Co.2H2O/c2*1-2-9-3-4(6)5(7)8;;;/h2*2-3H2,1H3,(H,7,8);;2*1H2/q;;+2;;/p-2. The van der Waals surface area contributed by atoms with Crippen LogP contribution in [0.1, 0.15) is 13.8 Å². The number of carboxylic acids is 2. The second kappa shape index (κ2) is 21.7. The number of hydrogen-bond donors (Lipinski definition) is 0. The topological polar surface area (TPSA) is 177 Å². The van der Waals surface area contributed by atoms with Crippen molar-refractivity contribution in [3.8, 4) is 0 Å². The Balaban J connectivity index is -0.0000000711. The number of carbonyl (C=O) groups is 4. The fraction of sp³-hybridized carbons (Fsp3) is 0.600. The molecule has 0 amide bonds. The summed E-state index contributed by atoms with van der Waals surface area (Å²) in [7, 11) is 0. The summed E-state index contributed by atoms with van der Waals surface area (Å²) in [4.78, 5) is 39.9. The van der Waals surface area contributed by atoms with Gasteiger partial charge in [0.1, 0.15) is 11.9 Å². The maximum absolute atomic E-state index is 10.2. The molecule has 0 saturated heterocycles. The Morgan fingerprint density at radius 2 is 1.00 bits per heavy atom. The Kier molecular flexibility index (Phi) is 33.5.